The van der Waals surface area contributed by atoms with E-state index in [1.54, 1.807) is 12.4 Å². The SMILES string of the molecule is Cc1nn(Cc2cnc(Cl)cn2)c(C)c1C. The highest BCUT2D eigenvalue weighted by Crippen LogP contribution is 2.12. The van der Waals surface area contributed by atoms with E-state index in [1.807, 2.05) is 11.6 Å². The van der Waals surface area contributed by atoms with E-state index in [-0.39, 0.29) is 0 Å². The van der Waals surface area contributed by atoms with E-state index < -0.39 is 0 Å². The first-order chi connectivity index (χ1) is 7.58. The summed E-state index contributed by atoms with van der Waals surface area (Å²) in [6.45, 7) is 6.76. The molecule has 0 aliphatic heterocycles. The maximum atomic E-state index is 5.68. The van der Waals surface area contributed by atoms with Gasteiger partial charge in [-0.3, -0.25) is 9.67 Å². The maximum absolute atomic E-state index is 5.68. The monoisotopic (exact) mass is 236 g/mol. The highest BCUT2D eigenvalue weighted by atomic mass is 35.5. The molecule has 0 atom stereocenters. The summed E-state index contributed by atoms with van der Waals surface area (Å²) in [6.07, 6.45) is 3.23. The lowest BCUT2D eigenvalue weighted by Crippen LogP contribution is -2.06. The molecule has 0 aliphatic carbocycles. The van der Waals surface area contributed by atoms with Gasteiger partial charge < -0.3 is 0 Å². The molecule has 2 aromatic rings. The topological polar surface area (TPSA) is 43.6 Å². The number of hydrogen-bond acceptors (Lipinski definition) is 3. The summed E-state index contributed by atoms with van der Waals surface area (Å²) in [7, 11) is 0. The molecule has 4 nitrogen and oxygen atoms in total. The van der Waals surface area contributed by atoms with Crippen molar-refractivity contribution in [3.8, 4) is 0 Å². The molecule has 0 spiro atoms. The molecule has 2 aromatic heterocycles. The van der Waals surface area contributed by atoms with Crippen LogP contribution < -0.4 is 0 Å². The zero-order chi connectivity index (χ0) is 11.7. The zero-order valence-corrected chi connectivity index (χ0v) is 10.3. The average Bonchev–Trinajstić information content (AvgIpc) is 2.50. The van der Waals surface area contributed by atoms with Gasteiger partial charge in [-0.2, -0.15) is 5.10 Å². The van der Waals surface area contributed by atoms with Crippen molar-refractivity contribution >= 4 is 11.6 Å². The number of nitrogens with zero attached hydrogens (tertiary/aromatic N) is 4. The van der Waals surface area contributed by atoms with Crippen LogP contribution in [0.15, 0.2) is 12.4 Å². The Hall–Kier alpha value is -1.42. The van der Waals surface area contributed by atoms with Crippen LogP contribution in [0.5, 0.6) is 0 Å². The Bertz CT molecular complexity index is 501. The minimum absolute atomic E-state index is 0.410. The van der Waals surface area contributed by atoms with Crippen molar-refractivity contribution in [3.05, 3.63) is 40.2 Å². The molecule has 2 heterocycles. The van der Waals surface area contributed by atoms with Crippen LogP contribution in [0.25, 0.3) is 0 Å². The molecule has 5 heteroatoms. The fourth-order valence-corrected chi connectivity index (χ4v) is 1.61. The Morgan fingerprint density at radius 3 is 2.44 bits per heavy atom. The van der Waals surface area contributed by atoms with Crippen LogP contribution >= 0.6 is 11.6 Å². The summed E-state index contributed by atoms with van der Waals surface area (Å²) in [5.74, 6) is 0. The number of hydrogen-bond donors (Lipinski definition) is 0. The summed E-state index contributed by atoms with van der Waals surface area (Å²) >= 11 is 5.68. The Kier molecular flexibility index (Phi) is 2.92. The summed E-state index contributed by atoms with van der Waals surface area (Å²) in [6, 6.07) is 0. The van der Waals surface area contributed by atoms with Gasteiger partial charge in [0.2, 0.25) is 0 Å². The Morgan fingerprint density at radius 2 is 1.94 bits per heavy atom. The minimum atomic E-state index is 0.410. The molecule has 0 fully saturated rings. The van der Waals surface area contributed by atoms with Gasteiger partial charge in [0.1, 0.15) is 5.15 Å². The Labute approximate surface area is 99.3 Å². The molecule has 0 radical (unpaired) electrons. The summed E-state index contributed by atoms with van der Waals surface area (Å²) < 4.78 is 1.93. The van der Waals surface area contributed by atoms with Gasteiger partial charge in [-0.15, -0.1) is 0 Å². The van der Waals surface area contributed by atoms with Gasteiger partial charge in [-0.05, 0) is 26.3 Å². The number of aromatic nitrogens is 4. The predicted molar refractivity (Wildman–Crippen MR) is 62.6 cm³/mol. The molecule has 0 saturated carbocycles. The smallest absolute Gasteiger partial charge is 0.147 e. The zero-order valence-electron chi connectivity index (χ0n) is 9.53. The quantitative estimate of drug-likeness (QED) is 0.804. The molecule has 0 amide bonds. The molecule has 0 bridgehead atoms. The molecule has 16 heavy (non-hydrogen) atoms. The number of aryl methyl sites for hydroxylation is 1. The summed E-state index contributed by atoms with van der Waals surface area (Å²) in [4.78, 5) is 8.19. The van der Waals surface area contributed by atoms with Crippen LogP contribution in [-0.2, 0) is 6.54 Å². The van der Waals surface area contributed by atoms with E-state index >= 15 is 0 Å². The number of rotatable bonds is 2. The first-order valence-corrected chi connectivity index (χ1v) is 5.42. The van der Waals surface area contributed by atoms with Crippen molar-refractivity contribution in [2.24, 2.45) is 0 Å². The van der Waals surface area contributed by atoms with E-state index in [0.717, 1.165) is 17.1 Å². The van der Waals surface area contributed by atoms with Gasteiger partial charge in [-0.1, -0.05) is 11.6 Å². The van der Waals surface area contributed by atoms with E-state index in [9.17, 15) is 0 Å². The summed E-state index contributed by atoms with van der Waals surface area (Å²) in [5.41, 5.74) is 4.30. The maximum Gasteiger partial charge on any atom is 0.147 e. The van der Waals surface area contributed by atoms with Crippen LogP contribution in [0.3, 0.4) is 0 Å². The molecule has 2 rings (SSSR count). The van der Waals surface area contributed by atoms with Gasteiger partial charge in [0.25, 0.3) is 0 Å². The highest BCUT2D eigenvalue weighted by molar-refractivity contribution is 6.29. The molecule has 0 unspecified atom stereocenters. The average molecular weight is 237 g/mol. The second kappa shape index (κ2) is 4.22. The third-order valence-corrected chi connectivity index (χ3v) is 2.92. The van der Waals surface area contributed by atoms with E-state index in [0.29, 0.717) is 11.7 Å². The lowest BCUT2D eigenvalue weighted by molar-refractivity contribution is 0.644. The third kappa shape index (κ3) is 2.07. The van der Waals surface area contributed by atoms with Crippen molar-refractivity contribution in [3.63, 3.8) is 0 Å². The van der Waals surface area contributed by atoms with Gasteiger partial charge in [-0.25, -0.2) is 4.98 Å². The van der Waals surface area contributed by atoms with Gasteiger partial charge in [0.15, 0.2) is 0 Å². The first kappa shape index (κ1) is 11.1. The van der Waals surface area contributed by atoms with Crippen molar-refractivity contribution in [2.45, 2.75) is 27.3 Å². The molecular weight excluding hydrogens is 224 g/mol. The third-order valence-electron chi connectivity index (χ3n) is 2.73. The van der Waals surface area contributed by atoms with Crippen LogP contribution in [0.1, 0.15) is 22.6 Å². The lowest BCUT2D eigenvalue weighted by atomic mass is 10.2. The van der Waals surface area contributed by atoms with Gasteiger partial charge >= 0.3 is 0 Å². The van der Waals surface area contributed by atoms with E-state index in [2.05, 4.69) is 28.9 Å². The van der Waals surface area contributed by atoms with E-state index in [4.69, 9.17) is 11.6 Å². The Balaban J connectivity index is 2.27. The normalized spacial score (nSPS) is 10.8. The fourth-order valence-electron chi connectivity index (χ4n) is 1.51. The van der Waals surface area contributed by atoms with Crippen LogP contribution in [0.2, 0.25) is 5.15 Å². The molecular formula is C11H13ClN4. The molecule has 0 aliphatic rings. The van der Waals surface area contributed by atoms with Crippen molar-refractivity contribution in [2.75, 3.05) is 0 Å². The lowest BCUT2D eigenvalue weighted by Gasteiger charge is -2.03. The van der Waals surface area contributed by atoms with Crippen LogP contribution in [-0.4, -0.2) is 19.7 Å². The fraction of sp³-hybridized carbons (Fsp3) is 0.364. The molecule has 0 saturated heterocycles. The Morgan fingerprint density at radius 1 is 1.19 bits per heavy atom. The molecule has 0 N–H and O–H groups in total. The first-order valence-electron chi connectivity index (χ1n) is 5.05. The summed E-state index contributed by atoms with van der Waals surface area (Å²) in [5, 5.41) is 4.85. The second-order valence-electron chi connectivity index (χ2n) is 3.78. The van der Waals surface area contributed by atoms with Crippen molar-refractivity contribution < 1.29 is 0 Å². The largest absolute Gasteiger partial charge is 0.263 e. The van der Waals surface area contributed by atoms with Crippen LogP contribution in [0, 0.1) is 20.8 Å². The van der Waals surface area contributed by atoms with Crippen LogP contribution in [0.4, 0.5) is 0 Å². The minimum Gasteiger partial charge on any atom is -0.263 e. The van der Waals surface area contributed by atoms with Gasteiger partial charge in [0, 0.05) is 5.69 Å². The van der Waals surface area contributed by atoms with Crippen molar-refractivity contribution in [1.82, 2.24) is 19.7 Å². The highest BCUT2D eigenvalue weighted by Gasteiger charge is 2.08. The standard InChI is InChI=1S/C11H13ClN4/c1-7-8(2)15-16(9(7)3)6-10-4-14-11(12)5-13-10/h4-5H,6H2,1-3H3. The molecule has 84 valence electrons. The van der Waals surface area contributed by atoms with Gasteiger partial charge in [0.05, 0.1) is 30.3 Å². The number of halogens is 1. The van der Waals surface area contributed by atoms with E-state index in [1.165, 1.54) is 5.56 Å². The predicted octanol–water partition coefficient (Wildman–Crippen LogP) is 2.30. The van der Waals surface area contributed by atoms with Crippen molar-refractivity contribution in [1.29, 1.82) is 0 Å². The second-order valence-corrected chi connectivity index (χ2v) is 4.17. The molecule has 0 aromatic carbocycles.